The molecule has 0 aliphatic rings. The van der Waals surface area contributed by atoms with Crippen LogP contribution in [0.1, 0.15) is 21.6 Å². The highest BCUT2D eigenvalue weighted by atomic mass is 19.4. The Kier molecular flexibility index (Phi) is 8.45. The number of fused-ring (bicyclic) bond motifs is 1. The van der Waals surface area contributed by atoms with Crippen LogP contribution in [-0.2, 0) is 6.18 Å². The first-order valence-corrected chi connectivity index (χ1v) is 13.1. The molecule has 0 spiro atoms. The van der Waals surface area contributed by atoms with Crippen LogP contribution in [0.4, 0.5) is 27.6 Å². The van der Waals surface area contributed by atoms with Gasteiger partial charge in [-0.15, -0.1) is 0 Å². The van der Waals surface area contributed by atoms with E-state index in [9.17, 15) is 27.2 Å². The summed E-state index contributed by atoms with van der Waals surface area (Å²) in [6.45, 7) is 1.44. The van der Waals surface area contributed by atoms with Gasteiger partial charge in [0, 0.05) is 18.2 Å². The van der Waals surface area contributed by atoms with E-state index in [1.54, 1.807) is 0 Å². The maximum absolute atomic E-state index is 15.1. The molecule has 0 aliphatic heterocycles. The Morgan fingerprint density at radius 2 is 1.59 bits per heavy atom. The molecular formula is C30H22F5N5O6. The predicted molar refractivity (Wildman–Crippen MR) is 153 cm³/mol. The standard InChI is InChI=1S/C30H22F5N5O6/c1-14-7-25(45-4)37-13-21(14)40-24(30(33,34)35)6-5-16(29(40)42)27(41)39-15-8-18(31)28(38-11-15)46-26-17-9-22(43-2)23(44-3)10-20(17)36-12-19(26)32/h5-13H,1-4H3,(H,39,41). The maximum Gasteiger partial charge on any atom is 0.431 e. The molecule has 1 N–H and O–H groups in total. The topological polar surface area (TPSA) is 127 Å². The molecular weight excluding hydrogens is 621 g/mol. The van der Waals surface area contributed by atoms with Crippen LogP contribution in [0.5, 0.6) is 29.0 Å². The van der Waals surface area contributed by atoms with E-state index in [0.717, 1.165) is 24.7 Å². The largest absolute Gasteiger partial charge is 0.493 e. The monoisotopic (exact) mass is 643 g/mol. The molecule has 0 fully saturated rings. The normalized spacial score (nSPS) is 11.3. The van der Waals surface area contributed by atoms with Gasteiger partial charge in [-0.1, -0.05) is 0 Å². The van der Waals surface area contributed by atoms with Crippen molar-refractivity contribution >= 4 is 22.5 Å². The first kappa shape index (κ1) is 31.6. The summed E-state index contributed by atoms with van der Waals surface area (Å²) in [6, 6.07) is 6.20. The van der Waals surface area contributed by atoms with Gasteiger partial charge in [0.05, 0.1) is 62.2 Å². The highest BCUT2D eigenvalue weighted by Gasteiger charge is 2.36. The lowest BCUT2D eigenvalue weighted by atomic mass is 10.1. The van der Waals surface area contributed by atoms with Crippen LogP contribution in [0.15, 0.2) is 59.8 Å². The molecule has 238 valence electrons. The van der Waals surface area contributed by atoms with Crippen LogP contribution in [0.2, 0.25) is 0 Å². The van der Waals surface area contributed by atoms with Gasteiger partial charge >= 0.3 is 6.18 Å². The average Bonchev–Trinajstić information content (AvgIpc) is 3.02. The second kappa shape index (κ2) is 12.3. The fourth-order valence-electron chi connectivity index (χ4n) is 4.48. The molecule has 1 amide bonds. The highest BCUT2D eigenvalue weighted by molar-refractivity contribution is 6.04. The quantitative estimate of drug-likeness (QED) is 0.207. The van der Waals surface area contributed by atoms with Crippen LogP contribution in [0, 0.1) is 18.6 Å². The molecule has 0 atom stereocenters. The molecule has 4 aromatic heterocycles. The number of aromatic nitrogens is 4. The van der Waals surface area contributed by atoms with E-state index in [2.05, 4.69) is 20.3 Å². The Morgan fingerprint density at radius 3 is 2.22 bits per heavy atom. The van der Waals surface area contributed by atoms with Gasteiger partial charge in [-0.2, -0.15) is 13.2 Å². The Hall–Kier alpha value is -5.80. The number of alkyl halides is 3. The number of nitrogens with zero attached hydrogens (tertiary/aromatic N) is 4. The summed E-state index contributed by atoms with van der Waals surface area (Å²) in [5.74, 6) is -3.74. The summed E-state index contributed by atoms with van der Waals surface area (Å²) in [5.41, 5.74) is -3.45. The Bertz CT molecular complexity index is 2050. The number of ether oxygens (including phenoxy) is 4. The molecule has 0 aliphatic carbocycles. The molecule has 16 heteroatoms. The SMILES string of the molecule is COc1cc(C)c(-n2c(C(F)(F)F)ccc(C(=O)Nc3cnc(Oc4c(F)cnc5cc(OC)c(OC)cc45)c(F)c3)c2=O)cn1. The summed E-state index contributed by atoms with van der Waals surface area (Å²) in [4.78, 5) is 38.0. The molecule has 1 aromatic carbocycles. The summed E-state index contributed by atoms with van der Waals surface area (Å²) in [7, 11) is 4.07. The fourth-order valence-corrected chi connectivity index (χ4v) is 4.48. The number of methoxy groups -OCH3 is 3. The number of rotatable bonds is 8. The van der Waals surface area contributed by atoms with Gasteiger partial charge in [0.2, 0.25) is 5.88 Å². The number of nitrogens with one attached hydrogen (secondary N) is 1. The number of hydrogen-bond donors (Lipinski definition) is 1. The number of anilines is 1. The zero-order valence-electron chi connectivity index (χ0n) is 24.3. The summed E-state index contributed by atoms with van der Waals surface area (Å²) >= 11 is 0. The van der Waals surface area contributed by atoms with E-state index in [0.29, 0.717) is 22.4 Å². The molecule has 0 saturated heterocycles. The summed E-state index contributed by atoms with van der Waals surface area (Å²) < 4.78 is 92.7. The van der Waals surface area contributed by atoms with Crippen molar-refractivity contribution in [2.75, 3.05) is 26.6 Å². The minimum absolute atomic E-state index is 0.0959. The van der Waals surface area contributed by atoms with E-state index in [1.165, 1.54) is 46.5 Å². The number of aryl methyl sites for hydroxylation is 1. The van der Waals surface area contributed by atoms with E-state index < -0.39 is 52.2 Å². The number of carbonyl (C=O) groups excluding carboxylic acids is 1. The first-order valence-electron chi connectivity index (χ1n) is 13.1. The first-order chi connectivity index (χ1) is 21.9. The summed E-state index contributed by atoms with van der Waals surface area (Å²) in [5, 5.41) is 2.34. The van der Waals surface area contributed by atoms with Gasteiger partial charge in [0.1, 0.15) is 11.3 Å². The van der Waals surface area contributed by atoms with Crippen LogP contribution >= 0.6 is 0 Å². The zero-order valence-corrected chi connectivity index (χ0v) is 24.3. The Labute approximate surface area is 256 Å². The average molecular weight is 644 g/mol. The second-order valence-electron chi connectivity index (χ2n) is 9.51. The third-order valence-corrected chi connectivity index (χ3v) is 6.67. The lowest BCUT2D eigenvalue weighted by Crippen LogP contribution is -2.33. The summed E-state index contributed by atoms with van der Waals surface area (Å²) in [6.07, 6.45) is -2.16. The van der Waals surface area contributed by atoms with Gasteiger partial charge in [-0.25, -0.2) is 18.7 Å². The lowest BCUT2D eigenvalue weighted by molar-refractivity contribution is -0.142. The minimum atomic E-state index is -4.97. The third-order valence-electron chi connectivity index (χ3n) is 6.67. The van der Waals surface area contributed by atoms with Crippen molar-refractivity contribution < 1.29 is 45.7 Å². The van der Waals surface area contributed by atoms with Gasteiger partial charge in [0.15, 0.2) is 28.9 Å². The molecule has 0 bridgehead atoms. The number of benzene rings is 1. The van der Waals surface area contributed by atoms with Crippen molar-refractivity contribution in [1.82, 2.24) is 19.5 Å². The van der Waals surface area contributed by atoms with Gasteiger partial charge in [-0.3, -0.25) is 19.1 Å². The number of carbonyl (C=O) groups is 1. The molecule has 0 unspecified atom stereocenters. The van der Waals surface area contributed by atoms with Crippen molar-refractivity contribution in [2.45, 2.75) is 13.1 Å². The van der Waals surface area contributed by atoms with Gasteiger partial charge in [0.25, 0.3) is 17.3 Å². The molecule has 0 radical (unpaired) electrons. The van der Waals surface area contributed by atoms with Crippen molar-refractivity contribution in [2.24, 2.45) is 0 Å². The van der Waals surface area contributed by atoms with E-state index in [1.807, 2.05) is 0 Å². The number of hydrogen-bond acceptors (Lipinski definition) is 9. The molecule has 4 heterocycles. The van der Waals surface area contributed by atoms with Crippen molar-refractivity contribution in [1.29, 1.82) is 0 Å². The van der Waals surface area contributed by atoms with Crippen LogP contribution in [0.3, 0.4) is 0 Å². The molecule has 5 rings (SSSR count). The number of pyridine rings is 4. The Balaban J connectivity index is 1.47. The molecule has 11 nitrogen and oxygen atoms in total. The third kappa shape index (κ3) is 5.96. The predicted octanol–water partition coefficient (Wildman–Crippen LogP) is 5.85. The van der Waals surface area contributed by atoms with Crippen molar-refractivity contribution in [3.63, 3.8) is 0 Å². The van der Waals surface area contributed by atoms with Crippen LogP contribution < -0.4 is 29.8 Å². The van der Waals surface area contributed by atoms with Gasteiger partial charge < -0.3 is 24.3 Å². The van der Waals surface area contributed by atoms with Crippen molar-refractivity contribution in [3.8, 4) is 34.7 Å². The molecule has 46 heavy (non-hydrogen) atoms. The minimum Gasteiger partial charge on any atom is -0.493 e. The van der Waals surface area contributed by atoms with E-state index in [-0.39, 0.29) is 39.5 Å². The molecule has 0 saturated carbocycles. The van der Waals surface area contributed by atoms with Gasteiger partial charge in [-0.05, 0) is 30.7 Å². The maximum atomic E-state index is 15.1. The molecule has 5 aromatic rings. The zero-order chi connectivity index (χ0) is 33.3. The van der Waals surface area contributed by atoms with E-state index >= 15 is 4.39 Å². The number of amides is 1. The smallest absolute Gasteiger partial charge is 0.431 e. The van der Waals surface area contributed by atoms with Crippen LogP contribution in [-0.4, -0.2) is 46.8 Å². The highest BCUT2D eigenvalue weighted by Crippen LogP contribution is 2.38. The fraction of sp³-hybridized carbons (Fsp3) is 0.167. The lowest BCUT2D eigenvalue weighted by Gasteiger charge is -2.18. The number of halogens is 5. The second-order valence-corrected chi connectivity index (χ2v) is 9.51. The Morgan fingerprint density at radius 1 is 0.870 bits per heavy atom. The van der Waals surface area contributed by atoms with Crippen LogP contribution in [0.25, 0.3) is 16.6 Å². The van der Waals surface area contributed by atoms with E-state index in [4.69, 9.17) is 18.9 Å². The van der Waals surface area contributed by atoms with Crippen molar-refractivity contribution in [3.05, 3.63) is 93.8 Å².